The summed E-state index contributed by atoms with van der Waals surface area (Å²) in [6.07, 6.45) is 1.61. The van der Waals surface area contributed by atoms with E-state index in [-0.39, 0.29) is 24.0 Å². The zero-order chi connectivity index (χ0) is 25.8. The number of benzene rings is 2. The van der Waals surface area contributed by atoms with Crippen molar-refractivity contribution in [3.8, 4) is 11.5 Å². The van der Waals surface area contributed by atoms with Crippen molar-refractivity contribution in [3.05, 3.63) is 60.0 Å². The van der Waals surface area contributed by atoms with Crippen molar-refractivity contribution in [1.29, 1.82) is 0 Å². The van der Waals surface area contributed by atoms with Gasteiger partial charge in [0.2, 0.25) is 5.91 Å². The van der Waals surface area contributed by atoms with Gasteiger partial charge in [0.1, 0.15) is 13.2 Å². The fourth-order valence-corrected chi connectivity index (χ4v) is 5.67. The number of halogens is 3. The van der Waals surface area contributed by atoms with Gasteiger partial charge in [-0.15, -0.1) is 0 Å². The minimum atomic E-state index is -0.502. The molecule has 0 radical (unpaired) electrons. The normalized spacial score (nSPS) is 17.2. The molecule has 2 aromatic rings. The Morgan fingerprint density at radius 2 is 1.94 bits per heavy atom. The van der Waals surface area contributed by atoms with E-state index in [4.69, 9.17) is 37.4 Å². The quantitative estimate of drug-likeness (QED) is 0.302. The van der Waals surface area contributed by atoms with Crippen LogP contribution in [0.5, 0.6) is 11.5 Å². The van der Waals surface area contributed by atoms with E-state index in [1.165, 1.54) is 7.11 Å². The summed E-state index contributed by atoms with van der Waals surface area (Å²) in [5.41, 5.74) is 1.42. The fraction of sp³-hybridized carbons (Fsp3) is 0.292. The molecule has 4 rings (SSSR count). The summed E-state index contributed by atoms with van der Waals surface area (Å²) in [5, 5.41) is 0.556. The maximum atomic E-state index is 12.9. The monoisotopic (exact) mass is 662 g/mol. The molecule has 8 nitrogen and oxygen atoms in total. The van der Waals surface area contributed by atoms with Crippen LogP contribution in [0.15, 0.2) is 35.2 Å². The number of amides is 3. The Kier molecular flexibility index (Phi) is 9.05. The molecule has 0 aromatic heterocycles. The molecule has 0 aliphatic carbocycles. The van der Waals surface area contributed by atoms with Crippen LogP contribution in [0.4, 0.5) is 4.79 Å². The third-order valence-corrected chi connectivity index (χ3v) is 7.76. The first kappa shape index (κ1) is 27.1. The first-order valence-electron chi connectivity index (χ1n) is 10.8. The van der Waals surface area contributed by atoms with Crippen LogP contribution in [0.1, 0.15) is 11.1 Å². The molecule has 12 heteroatoms. The van der Waals surface area contributed by atoms with Gasteiger partial charge in [0.25, 0.3) is 11.1 Å². The van der Waals surface area contributed by atoms with Gasteiger partial charge in [-0.25, -0.2) is 0 Å². The second kappa shape index (κ2) is 12.0. The van der Waals surface area contributed by atoms with E-state index in [2.05, 4.69) is 22.6 Å². The molecule has 3 amide bonds. The Morgan fingerprint density at radius 3 is 2.64 bits per heavy atom. The summed E-state index contributed by atoms with van der Waals surface area (Å²) in [6, 6.07) is 8.70. The van der Waals surface area contributed by atoms with E-state index < -0.39 is 11.1 Å². The number of carbonyl (C=O) groups excluding carboxylic acids is 3. The Balaban J connectivity index is 1.49. The van der Waals surface area contributed by atoms with Crippen molar-refractivity contribution >= 4 is 80.7 Å². The first-order chi connectivity index (χ1) is 17.3. The lowest BCUT2D eigenvalue weighted by Crippen LogP contribution is -2.46. The topological polar surface area (TPSA) is 85.4 Å². The van der Waals surface area contributed by atoms with E-state index >= 15 is 0 Å². The molecule has 2 aliphatic rings. The van der Waals surface area contributed by atoms with Crippen LogP contribution >= 0.6 is 57.6 Å². The highest BCUT2D eigenvalue weighted by Crippen LogP contribution is 2.38. The standard InChI is InChI=1S/C24H21Cl2IN2O6S/c1-33-19-9-14(8-18(27)22(19)35-13-15-2-3-16(25)11-17(15)26)10-20-23(31)29(24(32)36-20)12-21(30)28-4-6-34-7-5-28/h2-3,8-11H,4-7,12-13H2,1H3/b20-10+. The van der Waals surface area contributed by atoms with Crippen molar-refractivity contribution in [2.24, 2.45) is 0 Å². The Bertz CT molecular complexity index is 1240. The molecule has 36 heavy (non-hydrogen) atoms. The van der Waals surface area contributed by atoms with Crippen molar-refractivity contribution in [2.75, 3.05) is 40.0 Å². The van der Waals surface area contributed by atoms with Gasteiger partial charge in [-0.2, -0.15) is 0 Å². The molecule has 0 atom stereocenters. The van der Waals surface area contributed by atoms with Crippen LogP contribution in [0.25, 0.3) is 6.08 Å². The summed E-state index contributed by atoms with van der Waals surface area (Å²) in [6.45, 7) is 1.70. The van der Waals surface area contributed by atoms with Gasteiger partial charge in [0, 0.05) is 28.7 Å². The van der Waals surface area contributed by atoms with Gasteiger partial charge >= 0.3 is 0 Å². The van der Waals surface area contributed by atoms with Gasteiger partial charge < -0.3 is 19.1 Å². The van der Waals surface area contributed by atoms with Crippen LogP contribution < -0.4 is 9.47 Å². The highest BCUT2D eigenvalue weighted by molar-refractivity contribution is 14.1. The van der Waals surface area contributed by atoms with Crippen LogP contribution in [0, 0.1) is 3.57 Å². The predicted octanol–water partition coefficient (Wildman–Crippen LogP) is 5.08. The van der Waals surface area contributed by atoms with E-state index in [1.54, 1.807) is 35.2 Å². The van der Waals surface area contributed by atoms with E-state index in [9.17, 15) is 14.4 Å². The molecule has 2 aromatic carbocycles. The van der Waals surface area contributed by atoms with E-state index in [0.29, 0.717) is 53.4 Å². The minimum absolute atomic E-state index is 0.206. The average Bonchev–Trinajstić information content (AvgIpc) is 3.11. The number of morpholine rings is 1. The summed E-state index contributed by atoms with van der Waals surface area (Å²) in [7, 11) is 1.52. The number of hydrogen-bond donors (Lipinski definition) is 0. The summed E-state index contributed by atoms with van der Waals surface area (Å²) < 4.78 is 17.5. The lowest BCUT2D eigenvalue weighted by Gasteiger charge is -2.28. The number of carbonyl (C=O) groups is 3. The second-order valence-corrected chi connectivity index (χ2v) is 10.8. The zero-order valence-corrected chi connectivity index (χ0v) is 23.6. The molecule has 2 heterocycles. The van der Waals surface area contributed by atoms with Crippen LogP contribution in [0.2, 0.25) is 10.0 Å². The van der Waals surface area contributed by atoms with Crippen LogP contribution in [0.3, 0.4) is 0 Å². The molecule has 0 bridgehead atoms. The summed E-state index contributed by atoms with van der Waals surface area (Å²) in [4.78, 5) is 40.7. The lowest BCUT2D eigenvalue weighted by molar-refractivity contribution is -0.139. The summed E-state index contributed by atoms with van der Waals surface area (Å²) >= 11 is 15.1. The minimum Gasteiger partial charge on any atom is -0.493 e. The maximum Gasteiger partial charge on any atom is 0.294 e. The number of ether oxygens (including phenoxy) is 3. The van der Waals surface area contributed by atoms with E-state index in [1.807, 2.05) is 6.07 Å². The predicted molar refractivity (Wildman–Crippen MR) is 147 cm³/mol. The smallest absolute Gasteiger partial charge is 0.294 e. The SMILES string of the molecule is COc1cc(/C=C2/SC(=O)N(CC(=O)N3CCOCC3)C2=O)cc(I)c1OCc1ccc(Cl)cc1Cl. The van der Waals surface area contributed by atoms with Gasteiger partial charge in [-0.05, 0) is 70.3 Å². The molecule has 0 unspecified atom stereocenters. The van der Waals surface area contributed by atoms with Gasteiger partial charge in [-0.1, -0.05) is 29.3 Å². The largest absolute Gasteiger partial charge is 0.493 e. The number of hydrogen-bond acceptors (Lipinski definition) is 7. The summed E-state index contributed by atoms with van der Waals surface area (Å²) in [5.74, 6) is 0.198. The maximum absolute atomic E-state index is 12.9. The number of imide groups is 1. The Hall–Kier alpha value is -1.99. The molecule has 0 spiro atoms. The molecule has 0 N–H and O–H groups in total. The van der Waals surface area contributed by atoms with Crippen molar-refractivity contribution in [1.82, 2.24) is 9.80 Å². The Morgan fingerprint density at radius 1 is 1.19 bits per heavy atom. The molecule has 2 saturated heterocycles. The fourth-order valence-electron chi connectivity index (χ4n) is 3.59. The number of thioether (sulfide) groups is 1. The molecule has 2 aliphatic heterocycles. The second-order valence-electron chi connectivity index (χ2n) is 7.82. The number of methoxy groups -OCH3 is 1. The Labute approximate surface area is 236 Å². The van der Waals surface area contributed by atoms with E-state index in [0.717, 1.165) is 25.8 Å². The molecule has 2 fully saturated rings. The van der Waals surface area contributed by atoms with Crippen molar-refractivity contribution < 1.29 is 28.6 Å². The third-order valence-electron chi connectivity index (χ3n) is 5.47. The molecular weight excluding hydrogens is 642 g/mol. The first-order valence-corrected chi connectivity index (χ1v) is 13.5. The number of nitrogens with zero attached hydrogens (tertiary/aromatic N) is 2. The lowest BCUT2D eigenvalue weighted by atomic mass is 10.1. The van der Waals surface area contributed by atoms with Crippen LogP contribution in [-0.2, 0) is 20.9 Å². The molecule has 0 saturated carbocycles. The van der Waals surface area contributed by atoms with Crippen molar-refractivity contribution in [2.45, 2.75) is 6.61 Å². The third kappa shape index (κ3) is 6.28. The van der Waals surface area contributed by atoms with Crippen LogP contribution in [-0.4, -0.2) is 66.8 Å². The molecular formula is C24H21Cl2IN2O6S. The molecule has 190 valence electrons. The van der Waals surface area contributed by atoms with Gasteiger partial charge in [-0.3, -0.25) is 19.3 Å². The highest BCUT2D eigenvalue weighted by atomic mass is 127. The van der Waals surface area contributed by atoms with Crippen molar-refractivity contribution in [3.63, 3.8) is 0 Å². The van der Waals surface area contributed by atoms with Gasteiger partial charge in [0.15, 0.2) is 11.5 Å². The average molecular weight is 663 g/mol. The number of rotatable bonds is 7. The highest BCUT2D eigenvalue weighted by Gasteiger charge is 2.37. The zero-order valence-electron chi connectivity index (χ0n) is 19.1. The van der Waals surface area contributed by atoms with Gasteiger partial charge in [0.05, 0.1) is 28.8 Å².